The molecule has 5 rings (SSSR count). The van der Waals surface area contributed by atoms with Crippen LogP contribution in [0.4, 0.5) is 0 Å². The Balaban J connectivity index is 0.605. The second-order valence-electron chi connectivity index (χ2n) is 25.2. The van der Waals surface area contributed by atoms with Gasteiger partial charge in [0.15, 0.2) is 6.61 Å². The van der Waals surface area contributed by atoms with Gasteiger partial charge in [0.25, 0.3) is 11.8 Å². The van der Waals surface area contributed by atoms with Crippen LogP contribution in [0.15, 0.2) is 55.0 Å². The van der Waals surface area contributed by atoms with Crippen molar-refractivity contribution in [2.45, 2.75) is 31.3 Å². The fraction of sp³-hybridized carbons (Fsp3) is 0.744. The first-order chi connectivity index (χ1) is 56.8. The normalized spacial score (nSPS) is 14.8. The van der Waals surface area contributed by atoms with Gasteiger partial charge in [-0.05, 0) is 42.7 Å². The molecule has 3 atom stereocenters. The number of fused-ring (bicyclic) bond motifs is 1. The van der Waals surface area contributed by atoms with Crippen molar-refractivity contribution in [3.05, 3.63) is 66.1 Å². The summed E-state index contributed by atoms with van der Waals surface area (Å²) in [6.45, 7) is 21.1. The average molecular weight is 1640 g/mol. The first-order valence-electron chi connectivity index (χ1n) is 39.7. The van der Waals surface area contributed by atoms with Crippen LogP contribution in [-0.2, 0) is 128 Å². The SMILES string of the molecule is CN1C(=O)C[C@H](C(=O)NCCOCCOCCOCCOCCOCCOCCOCCOCCOCCOCCOCCOCCOCCOCCOCCOCCOCCOCCOCCOCCOCCOCCOCCNC(=O)COc2ccc3c(C(=O)NCC(=O)N4CCC[C@H]4C#N)ccnc3c2)[C@H]1c1cccnc1. The topological polar surface area (TPSA) is 399 Å². The largest absolute Gasteiger partial charge is 0.484 e. The van der Waals surface area contributed by atoms with E-state index in [1.165, 1.54) is 11.1 Å². The molecule has 0 bridgehead atoms. The fourth-order valence-electron chi connectivity index (χ4n) is 10.9. The summed E-state index contributed by atoms with van der Waals surface area (Å²) in [6, 6.07) is 11.5. The van der Waals surface area contributed by atoms with Crippen LogP contribution in [0, 0.1) is 17.2 Å². The summed E-state index contributed by atoms with van der Waals surface area (Å²) in [6.07, 6.45) is 6.40. The van der Waals surface area contributed by atoms with E-state index in [2.05, 4.69) is 32.0 Å². The monoisotopic (exact) mass is 1640 g/mol. The number of hydrogen-bond acceptors (Lipinski definition) is 32. The maximum atomic E-state index is 13.0. The molecule has 0 radical (unpaired) electrons. The van der Waals surface area contributed by atoms with Gasteiger partial charge in [-0.25, -0.2) is 0 Å². The lowest BCUT2D eigenvalue weighted by Gasteiger charge is -2.24. The van der Waals surface area contributed by atoms with Crippen LogP contribution in [0.1, 0.15) is 41.2 Å². The third-order valence-electron chi connectivity index (χ3n) is 16.7. The number of ether oxygens (including phenoxy) is 24. The number of carbonyl (C=O) groups is 5. The molecule has 5 amide bonds. The van der Waals surface area contributed by atoms with Crippen molar-refractivity contribution in [1.82, 2.24) is 35.7 Å². The van der Waals surface area contributed by atoms with Crippen molar-refractivity contribution in [3.8, 4) is 11.8 Å². The third-order valence-corrected chi connectivity index (χ3v) is 16.7. The lowest BCUT2D eigenvalue weighted by Crippen LogP contribution is -2.42. The summed E-state index contributed by atoms with van der Waals surface area (Å²) >= 11 is 0. The zero-order valence-electron chi connectivity index (χ0n) is 67.2. The van der Waals surface area contributed by atoms with Crippen LogP contribution >= 0.6 is 0 Å². The Bertz CT molecular complexity index is 2960. The second kappa shape index (κ2) is 70.5. The molecule has 0 unspecified atom stereocenters. The van der Waals surface area contributed by atoms with Crippen molar-refractivity contribution in [2.24, 2.45) is 5.92 Å². The number of rotatable bonds is 80. The lowest BCUT2D eigenvalue weighted by molar-refractivity contribution is -0.130. The third kappa shape index (κ3) is 50.1. The van der Waals surface area contributed by atoms with Crippen LogP contribution in [0.2, 0.25) is 0 Å². The van der Waals surface area contributed by atoms with Gasteiger partial charge in [0.2, 0.25) is 17.7 Å². The van der Waals surface area contributed by atoms with Gasteiger partial charge in [0.05, 0.1) is 340 Å². The first-order valence-corrected chi connectivity index (χ1v) is 39.7. The van der Waals surface area contributed by atoms with Gasteiger partial charge in [0, 0.05) is 63.1 Å². The number of amides is 5. The van der Waals surface area contributed by atoms with Gasteiger partial charge in [-0.3, -0.25) is 33.9 Å². The maximum absolute atomic E-state index is 13.0. The van der Waals surface area contributed by atoms with E-state index in [1.807, 2.05) is 6.07 Å². The molecular weight excluding hydrogens is 1510 g/mol. The summed E-state index contributed by atoms with van der Waals surface area (Å²) in [5.74, 6) is -1.39. The number of aromatic nitrogens is 2. The number of likely N-dealkylation sites (tertiary alicyclic amines) is 2. The molecule has 2 fully saturated rings. The van der Waals surface area contributed by atoms with Crippen LogP contribution in [-0.4, -0.2) is 399 Å². The van der Waals surface area contributed by atoms with Gasteiger partial charge in [-0.1, -0.05) is 6.07 Å². The standard InChI is InChI=1S/C78H126N8O29/c1-85-74(88)61-71(76(85)66-4-2-9-80-63-66)78(91)83-12-15-93-17-19-95-21-23-97-25-27-99-29-31-101-33-35-103-37-39-105-41-43-107-45-47-109-49-51-111-53-55-113-57-59-114-58-56-112-54-52-110-50-48-108-46-44-106-42-40-104-38-36-102-34-32-100-30-28-98-26-24-96-22-20-94-18-16-92-14-11-82-73(87)65-115-68-6-7-69-70(8-10-81-72(69)60-68)77(90)84-64-75(89)86-13-3-5-67(86)62-79/h2,4,6-10,60,63,67,71,76H,3,5,11-59,61,64-65H2,1H3,(H,82,87)(H,83,91)(H,84,90)/t67-,71-,76+/m0/s1. The maximum Gasteiger partial charge on any atom is 0.258 e. The summed E-state index contributed by atoms with van der Waals surface area (Å²) in [7, 11) is 1.71. The Labute approximate surface area is 675 Å². The minimum absolute atomic E-state index is 0.0654. The molecule has 3 N–H and O–H groups in total. The fourth-order valence-corrected chi connectivity index (χ4v) is 10.9. The van der Waals surface area contributed by atoms with E-state index < -0.39 is 17.9 Å². The van der Waals surface area contributed by atoms with Gasteiger partial charge in [-0.2, -0.15) is 5.26 Å². The molecule has 37 nitrogen and oxygen atoms in total. The molecule has 0 saturated carbocycles. The second-order valence-corrected chi connectivity index (χ2v) is 25.2. The number of nitriles is 1. The molecule has 3 aromatic rings. The molecule has 2 aliphatic rings. The van der Waals surface area contributed by atoms with Crippen LogP contribution in [0.5, 0.6) is 5.75 Å². The summed E-state index contributed by atoms with van der Waals surface area (Å²) < 4.78 is 133. The van der Waals surface area contributed by atoms with Gasteiger partial charge in [-0.15, -0.1) is 0 Å². The Morgan fingerprint density at radius 3 is 1.16 bits per heavy atom. The van der Waals surface area contributed by atoms with E-state index in [9.17, 15) is 29.2 Å². The Hall–Kier alpha value is -6.50. The first kappa shape index (κ1) is 99.1. The molecule has 652 valence electrons. The number of nitrogens with zero attached hydrogens (tertiary/aromatic N) is 5. The smallest absolute Gasteiger partial charge is 0.258 e. The molecule has 1 aromatic carbocycles. The van der Waals surface area contributed by atoms with E-state index in [0.29, 0.717) is 352 Å². The van der Waals surface area contributed by atoms with Crippen molar-refractivity contribution in [3.63, 3.8) is 0 Å². The number of benzene rings is 1. The van der Waals surface area contributed by atoms with Gasteiger partial charge < -0.3 is 139 Å². The van der Waals surface area contributed by atoms with Crippen LogP contribution in [0.25, 0.3) is 10.9 Å². The molecule has 4 heterocycles. The predicted octanol–water partition coefficient (Wildman–Crippen LogP) is 1.09. The van der Waals surface area contributed by atoms with E-state index in [-0.39, 0.29) is 49.2 Å². The molecular formula is C78H126N8O29. The van der Waals surface area contributed by atoms with E-state index in [0.717, 1.165) is 12.0 Å². The molecule has 0 aliphatic carbocycles. The van der Waals surface area contributed by atoms with E-state index >= 15 is 0 Å². The van der Waals surface area contributed by atoms with Crippen molar-refractivity contribution < 1.29 is 138 Å². The van der Waals surface area contributed by atoms with Crippen molar-refractivity contribution in [1.29, 1.82) is 5.26 Å². The van der Waals surface area contributed by atoms with Crippen LogP contribution < -0.4 is 20.7 Å². The Morgan fingerprint density at radius 1 is 0.452 bits per heavy atom. The quantitative estimate of drug-likeness (QED) is 0.0666. The van der Waals surface area contributed by atoms with Gasteiger partial charge in [0.1, 0.15) is 11.8 Å². The number of carbonyl (C=O) groups excluding carboxylic acids is 5. The molecule has 37 heteroatoms. The van der Waals surface area contributed by atoms with E-state index in [4.69, 9.17) is 114 Å². The number of pyridine rings is 2. The predicted molar refractivity (Wildman–Crippen MR) is 413 cm³/mol. The van der Waals surface area contributed by atoms with Gasteiger partial charge >= 0.3 is 0 Å². The summed E-state index contributed by atoms with van der Waals surface area (Å²) in [5, 5.41) is 18.1. The lowest BCUT2D eigenvalue weighted by atomic mass is 9.94. The van der Waals surface area contributed by atoms with Crippen molar-refractivity contribution >= 4 is 40.4 Å². The zero-order chi connectivity index (χ0) is 81.4. The molecule has 2 saturated heterocycles. The summed E-state index contributed by atoms with van der Waals surface area (Å²) in [5.41, 5.74) is 1.66. The Kier molecular flexibility index (Phi) is 60.7. The minimum atomic E-state index is -0.475. The highest BCUT2D eigenvalue weighted by Gasteiger charge is 2.42. The van der Waals surface area contributed by atoms with E-state index in [1.54, 1.807) is 54.7 Å². The highest BCUT2D eigenvalue weighted by molar-refractivity contribution is 6.07. The molecule has 2 aliphatic heterocycles. The average Bonchev–Trinajstić information content (AvgIpc) is 1.71. The highest BCUT2D eigenvalue weighted by Crippen LogP contribution is 2.36. The van der Waals surface area contributed by atoms with Crippen molar-refractivity contribution in [2.75, 3.05) is 344 Å². The molecule has 2 aromatic heterocycles. The minimum Gasteiger partial charge on any atom is -0.484 e. The van der Waals surface area contributed by atoms with Crippen LogP contribution in [0.3, 0.4) is 0 Å². The number of hydrogen-bond donors (Lipinski definition) is 3. The molecule has 0 spiro atoms. The molecule has 115 heavy (non-hydrogen) atoms. The highest BCUT2D eigenvalue weighted by atomic mass is 16.6. The zero-order valence-corrected chi connectivity index (χ0v) is 67.2. The Morgan fingerprint density at radius 2 is 0.809 bits per heavy atom. The summed E-state index contributed by atoms with van der Waals surface area (Å²) in [4.78, 5) is 74.6. The number of nitrogens with one attached hydrogen (secondary N) is 3.